The molecule has 0 unspecified atom stereocenters. The molecule has 0 atom stereocenters. The molecule has 248 valence electrons. The molecule has 0 aliphatic rings. The van der Waals surface area contributed by atoms with Crippen LogP contribution >= 0.6 is 11.3 Å². The predicted molar refractivity (Wildman–Crippen MR) is 190 cm³/mol. The number of aryl methyl sites for hydroxylation is 1. The molecule has 5 aromatic rings. The molecule has 0 aliphatic heterocycles. The summed E-state index contributed by atoms with van der Waals surface area (Å²) in [6.07, 6.45) is 2.59. The zero-order valence-electron chi connectivity index (χ0n) is 28.4. The van der Waals surface area contributed by atoms with Gasteiger partial charge in [0, 0.05) is 22.4 Å². The number of rotatable bonds is 10. The Morgan fingerprint density at radius 1 is 0.723 bits per heavy atom. The molecule has 0 amide bonds. The van der Waals surface area contributed by atoms with Crippen LogP contribution < -0.4 is 4.90 Å². The highest BCUT2D eigenvalue weighted by Crippen LogP contribution is 2.45. The molecule has 0 saturated heterocycles. The van der Waals surface area contributed by atoms with Gasteiger partial charge < -0.3 is 4.90 Å². The van der Waals surface area contributed by atoms with Crippen molar-refractivity contribution >= 4 is 27.7 Å². The summed E-state index contributed by atoms with van der Waals surface area (Å²) in [5.41, 5.74) is 6.55. The summed E-state index contributed by atoms with van der Waals surface area (Å²) in [7, 11) is 0. The summed E-state index contributed by atoms with van der Waals surface area (Å²) in [5, 5.41) is 7.12. The minimum absolute atomic E-state index is 0.0354. The maximum Gasteiger partial charge on any atom is 0.432 e. The summed E-state index contributed by atoms with van der Waals surface area (Å²) < 4.78 is 39.9. The van der Waals surface area contributed by atoms with Gasteiger partial charge >= 0.3 is 6.18 Å². The zero-order chi connectivity index (χ0) is 34.0. The lowest BCUT2D eigenvalue weighted by Crippen LogP contribution is -2.13. The highest BCUT2D eigenvalue weighted by atomic mass is 32.1. The highest BCUT2D eigenvalue weighted by Gasteiger charge is 2.33. The molecule has 3 heterocycles. The number of unbranched alkanes of at least 4 members (excludes halogenated alkanes) is 3. The Labute approximate surface area is 281 Å². The first-order valence-corrected chi connectivity index (χ1v) is 17.2. The molecule has 1 N–H and O–H groups in total. The van der Waals surface area contributed by atoms with E-state index in [2.05, 4.69) is 123 Å². The fraction of sp³-hybridized carbons (Fsp3) is 0.385. The van der Waals surface area contributed by atoms with Gasteiger partial charge in [-0.3, -0.25) is 10.1 Å². The minimum atomic E-state index is -4.50. The van der Waals surface area contributed by atoms with Crippen LogP contribution in [0.3, 0.4) is 0 Å². The first kappa shape index (κ1) is 34.4. The number of aromatic amines is 1. The van der Waals surface area contributed by atoms with Crippen LogP contribution in [-0.2, 0) is 23.4 Å². The Hall–Kier alpha value is -3.91. The number of aromatic nitrogens is 3. The summed E-state index contributed by atoms with van der Waals surface area (Å²) in [5.74, 6) is 0. The van der Waals surface area contributed by atoms with Crippen molar-refractivity contribution in [1.29, 1.82) is 0 Å². The number of nitrogens with one attached hydrogen (secondary N) is 1. The fourth-order valence-electron chi connectivity index (χ4n) is 5.63. The van der Waals surface area contributed by atoms with E-state index < -0.39 is 11.9 Å². The number of alkyl halides is 3. The molecule has 5 rings (SSSR count). The first-order chi connectivity index (χ1) is 22.1. The largest absolute Gasteiger partial charge is 0.432 e. The van der Waals surface area contributed by atoms with E-state index in [0.717, 1.165) is 58.6 Å². The molecule has 0 spiro atoms. The average molecular weight is 659 g/mol. The third kappa shape index (κ3) is 8.15. The van der Waals surface area contributed by atoms with Gasteiger partial charge in [-0.05, 0) is 94.5 Å². The maximum atomic E-state index is 13.3. The molecule has 0 fully saturated rings. The Balaban J connectivity index is 1.61. The Morgan fingerprint density at radius 2 is 1.32 bits per heavy atom. The molecular weight excluding hydrogens is 614 g/mol. The number of nitrogens with zero attached hydrogens (tertiary/aromatic N) is 3. The number of hydrogen-bond donors (Lipinski definition) is 1. The van der Waals surface area contributed by atoms with Gasteiger partial charge in [-0.15, -0.1) is 11.3 Å². The molecule has 0 radical (unpaired) electrons. The van der Waals surface area contributed by atoms with E-state index in [4.69, 9.17) is 0 Å². The van der Waals surface area contributed by atoms with Gasteiger partial charge in [0.2, 0.25) is 0 Å². The van der Waals surface area contributed by atoms with E-state index in [1.54, 1.807) is 17.5 Å². The number of benzene rings is 2. The summed E-state index contributed by atoms with van der Waals surface area (Å²) in [6, 6.07) is 24.7. The van der Waals surface area contributed by atoms with Crippen molar-refractivity contribution < 1.29 is 13.2 Å². The topological polar surface area (TPSA) is 44.8 Å². The number of pyridine rings is 1. The van der Waals surface area contributed by atoms with Crippen LogP contribution in [0.1, 0.15) is 96.5 Å². The van der Waals surface area contributed by atoms with E-state index >= 15 is 0 Å². The lowest BCUT2D eigenvalue weighted by molar-refractivity contribution is -0.141. The van der Waals surface area contributed by atoms with Crippen LogP contribution in [0.15, 0.2) is 79.0 Å². The molecule has 3 aromatic heterocycles. The molecular formula is C39H45F3N4S. The van der Waals surface area contributed by atoms with E-state index in [0.29, 0.717) is 5.69 Å². The minimum Gasteiger partial charge on any atom is -0.302 e. The second kappa shape index (κ2) is 13.7. The van der Waals surface area contributed by atoms with Crippen molar-refractivity contribution in [1.82, 2.24) is 15.2 Å². The van der Waals surface area contributed by atoms with Crippen LogP contribution in [-0.4, -0.2) is 15.2 Å². The molecule has 8 heteroatoms. The van der Waals surface area contributed by atoms with Crippen molar-refractivity contribution in [2.24, 2.45) is 0 Å². The monoisotopic (exact) mass is 658 g/mol. The normalized spacial score (nSPS) is 12.5. The van der Waals surface area contributed by atoms with Crippen molar-refractivity contribution in [3.8, 4) is 21.8 Å². The first-order valence-electron chi connectivity index (χ1n) is 16.4. The van der Waals surface area contributed by atoms with Crippen LogP contribution in [0.25, 0.3) is 21.8 Å². The zero-order valence-corrected chi connectivity index (χ0v) is 29.2. The molecule has 47 heavy (non-hydrogen) atoms. The SMILES string of the molecule is CCCCCCc1cc(N(c2ccc(C(C)(C)C)cc2)c2ccc(C(C)(C)C)cc2)sc1-c1ccnc(-c2cc(C(F)(F)F)[nH]n2)c1. The number of thiophene rings is 1. The van der Waals surface area contributed by atoms with Crippen LogP contribution in [0.4, 0.5) is 29.5 Å². The standard InChI is InChI=1S/C39H45F3N4S/c1-8-9-10-11-12-26-24-35(47-36(26)27-21-22-43-32(23-27)33-25-34(45-44-33)39(40,41)42)46(30-17-13-28(14-18-30)37(2,3)4)31-19-15-29(16-20-31)38(5,6)7/h13-25H,8-12H2,1-7H3,(H,44,45). The third-order valence-corrected chi connectivity index (χ3v) is 9.68. The Morgan fingerprint density at radius 3 is 1.83 bits per heavy atom. The van der Waals surface area contributed by atoms with Gasteiger partial charge in [0.15, 0.2) is 0 Å². The molecule has 0 saturated carbocycles. The molecule has 4 nitrogen and oxygen atoms in total. The fourth-order valence-corrected chi connectivity index (χ4v) is 6.88. The number of halogens is 3. The van der Waals surface area contributed by atoms with Gasteiger partial charge in [-0.1, -0.05) is 92.0 Å². The van der Waals surface area contributed by atoms with Crippen molar-refractivity contribution in [3.63, 3.8) is 0 Å². The van der Waals surface area contributed by atoms with Gasteiger partial charge in [-0.2, -0.15) is 18.3 Å². The smallest absolute Gasteiger partial charge is 0.302 e. The van der Waals surface area contributed by atoms with E-state index in [1.165, 1.54) is 23.1 Å². The summed E-state index contributed by atoms with van der Waals surface area (Å²) >= 11 is 1.70. The van der Waals surface area contributed by atoms with Crippen molar-refractivity contribution in [2.75, 3.05) is 4.90 Å². The average Bonchev–Trinajstić information content (AvgIpc) is 3.68. The highest BCUT2D eigenvalue weighted by molar-refractivity contribution is 7.19. The van der Waals surface area contributed by atoms with Gasteiger partial charge in [-0.25, -0.2) is 0 Å². The maximum absolute atomic E-state index is 13.3. The second-order valence-corrected chi connectivity index (χ2v) is 15.3. The van der Waals surface area contributed by atoms with Crippen LogP contribution in [0.2, 0.25) is 0 Å². The Bertz CT molecular complexity index is 1710. The third-order valence-electron chi connectivity index (χ3n) is 8.47. The van der Waals surface area contributed by atoms with Gasteiger partial charge in [0.05, 0.1) is 5.69 Å². The molecule has 0 aliphatic carbocycles. The number of hydrogen-bond acceptors (Lipinski definition) is 4. The predicted octanol–water partition coefficient (Wildman–Crippen LogP) is 12.4. The van der Waals surface area contributed by atoms with Crippen molar-refractivity contribution in [3.05, 3.63) is 101 Å². The summed E-state index contributed by atoms with van der Waals surface area (Å²) in [6.45, 7) is 15.5. The van der Waals surface area contributed by atoms with Gasteiger partial charge in [0.25, 0.3) is 0 Å². The second-order valence-electron chi connectivity index (χ2n) is 14.3. The van der Waals surface area contributed by atoms with E-state index in [9.17, 15) is 13.2 Å². The van der Waals surface area contributed by atoms with E-state index in [-0.39, 0.29) is 16.5 Å². The van der Waals surface area contributed by atoms with Gasteiger partial charge in [0.1, 0.15) is 16.4 Å². The Kier molecular flexibility index (Phi) is 10.0. The lowest BCUT2D eigenvalue weighted by Gasteiger charge is -2.27. The molecule has 0 bridgehead atoms. The van der Waals surface area contributed by atoms with Crippen molar-refractivity contribution in [2.45, 2.75) is 97.6 Å². The molecule has 2 aromatic carbocycles. The van der Waals surface area contributed by atoms with Crippen LogP contribution in [0.5, 0.6) is 0 Å². The number of anilines is 3. The lowest BCUT2D eigenvalue weighted by atomic mass is 9.87. The number of H-pyrrole nitrogens is 1. The summed E-state index contributed by atoms with van der Waals surface area (Å²) in [4.78, 5) is 7.79. The quantitative estimate of drug-likeness (QED) is 0.152. The van der Waals surface area contributed by atoms with Crippen LogP contribution in [0, 0.1) is 0 Å². The van der Waals surface area contributed by atoms with E-state index in [1.807, 2.05) is 12.1 Å².